The smallest absolute Gasteiger partial charge is 0.137 e. The zero-order chi connectivity index (χ0) is 19.3. The Bertz CT molecular complexity index is 1180. The van der Waals surface area contributed by atoms with Gasteiger partial charge in [0, 0.05) is 24.9 Å². The van der Waals surface area contributed by atoms with E-state index in [4.69, 9.17) is 10.5 Å². The van der Waals surface area contributed by atoms with Gasteiger partial charge in [0.1, 0.15) is 23.4 Å². The highest BCUT2D eigenvalue weighted by atomic mass is 19.1. The lowest BCUT2D eigenvalue weighted by molar-refractivity contribution is 0.183. The number of nitrogens with two attached hydrogens (primary N) is 1. The molecule has 0 unspecified atom stereocenters. The fourth-order valence-electron chi connectivity index (χ4n) is 3.93. The highest BCUT2D eigenvalue weighted by Crippen LogP contribution is 2.36. The molecule has 0 radical (unpaired) electrons. The van der Waals surface area contributed by atoms with Gasteiger partial charge >= 0.3 is 0 Å². The molecule has 2 aromatic heterocycles. The average molecular weight is 377 g/mol. The van der Waals surface area contributed by atoms with Crippen LogP contribution in [0.2, 0.25) is 0 Å². The van der Waals surface area contributed by atoms with Gasteiger partial charge in [0.25, 0.3) is 0 Å². The molecule has 2 N–H and O–H groups in total. The molecule has 5 rings (SSSR count). The minimum absolute atomic E-state index is 0.115. The number of nitrogens with zero attached hydrogens (tertiary/aromatic N) is 4. The summed E-state index contributed by atoms with van der Waals surface area (Å²) >= 11 is 0. The molecule has 0 saturated carbocycles. The third kappa shape index (κ3) is 2.79. The minimum atomic E-state index is -0.351. The van der Waals surface area contributed by atoms with Gasteiger partial charge in [-0.15, -0.1) is 0 Å². The third-order valence-corrected chi connectivity index (χ3v) is 5.25. The van der Waals surface area contributed by atoms with Gasteiger partial charge in [0.05, 0.1) is 29.5 Å². The van der Waals surface area contributed by atoms with E-state index in [1.165, 1.54) is 17.8 Å². The van der Waals surface area contributed by atoms with E-state index in [0.29, 0.717) is 16.7 Å². The summed E-state index contributed by atoms with van der Waals surface area (Å²) < 4.78 is 24.3. The number of fused-ring (bicyclic) bond motifs is 2. The molecule has 2 heterocycles. The van der Waals surface area contributed by atoms with Crippen molar-refractivity contribution in [1.82, 2.24) is 19.6 Å². The van der Waals surface area contributed by atoms with E-state index in [0.717, 1.165) is 36.2 Å². The van der Waals surface area contributed by atoms with Gasteiger partial charge in [-0.2, -0.15) is 10.2 Å². The molecular formula is C21H20FN5O. The first-order chi connectivity index (χ1) is 13.6. The molecular weight excluding hydrogens is 357 g/mol. The van der Waals surface area contributed by atoms with Crippen molar-refractivity contribution in [3.8, 4) is 11.4 Å². The largest absolute Gasteiger partial charge is 0.486 e. The van der Waals surface area contributed by atoms with Crippen molar-refractivity contribution in [3.63, 3.8) is 0 Å². The lowest BCUT2D eigenvalue weighted by Gasteiger charge is -2.26. The van der Waals surface area contributed by atoms with Gasteiger partial charge in [-0.05, 0) is 42.5 Å². The summed E-state index contributed by atoms with van der Waals surface area (Å²) in [6.07, 6.45) is 7.83. The predicted octanol–water partition coefficient (Wildman–Crippen LogP) is 3.94. The summed E-state index contributed by atoms with van der Waals surface area (Å²) in [5, 5.41) is 8.95. The minimum Gasteiger partial charge on any atom is -0.486 e. The maximum absolute atomic E-state index is 14.7. The molecule has 1 aliphatic rings. The summed E-state index contributed by atoms with van der Waals surface area (Å²) in [4.78, 5) is 0. The second-order valence-electron chi connectivity index (χ2n) is 7.22. The van der Waals surface area contributed by atoms with Gasteiger partial charge in [0.2, 0.25) is 0 Å². The van der Waals surface area contributed by atoms with Crippen LogP contribution in [0.3, 0.4) is 0 Å². The van der Waals surface area contributed by atoms with Gasteiger partial charge in [0.15, 0.2) is 0 Å². The molecule has 0 aliphatic heterocycles. The number of ether oxygens (including phenoxy) is 1. The summed E-state index contributed by atoms with van der Waals surface area (Å²) in [6, 6.07) is 9.18. The molecule has 142 valence electrons. The monoisotopic (exact) mass is 377 g/mol. The van der Waals surface area contributed by atoms with Crippen LogP contribution in [-0.2, 0) is 13.5 Å². The van der Waals surface area contributed by atoms with Crippen LogP contribution in [0.15, 0.2) is 48.9 Å². The Morgan fingerprint density at radius 3 is 2.89 bits per heavy atom. The fraction of sp³-hybridized carbons (Fsp3) is 0.238. The number of aromatic nitrogens is 4. The number of rotatable bonds is 3. The molecule has 0 amide bonds. The molecule has 1 atom stereocenters. The summed E-state index contributed by atoms with van der Waals surface area (Å²) in [5.41, 5.74) is 10.4. The van der Waals surface area contributed by atoms with Gasteiger partial charge in [-0.25, -0.2) is 9.07 Å². The van der Waals surface area contributed by atoms with Crippen LogP contribution in [0.1, 0.15) is 30.1 Å². The van der Waals surface area contributed by atoms with Crippen LogP contribution in [0.25, 0.3) is 16.6 Å². The number of hydrogen-bond donors (Lipinski definition) is 1. The zero-order valence-electron chi connectivity index (χ0n) is 15.5. The Kier molecular flexibility index (Phi) is 3.82. The van der Waals surface area contributed by atoms with E-state index < -0.39 is 0 Å². The number of benzene rings is 2. The van der Waals surface area contributed by atoms with E-state index in [-0.39, 0.29) is 11.9 Å². The molecule has 6 nitrogen and oxygen atoms in total. The van der Waals surface area contributed by atoms with Gasteiger partial charge < -0.3 is 10.5 Å². The first-order valence-electron chi connectivity index (χ1n) is 9.30. The fourth-order valence-corrected chi connectivity index (χ4v) is 3.93. The van der Waals surface area contributed by atoms with Crippen LogP contribution in [0, 0.1) is 5.82 Å². The molecule has 4 aromatic rings. The quantitative estimate of drug-likeness (QED) is 0.549. The van der Waals surface area contributed by atoms with E-state index in [2.05, 4.69) is 10.2 Å². The van der Waals surface area contributed by atoms with Crippen LogP contribution >= 0.6 is 0 Å². The molecule has 28 heavy (non-hydrogen) atoms. The molecule has 7 heteroatoms. The Balaban J connectivity index is 1.54. The average Bonchev–Trinajstić information content (AvgIpc) is 3.28. The van der Waals surface area contributed by atoms with Crippen molar-refractivity contribution < 1.29 is 9.13 Å². The molecule has 2 aromatic carbocycles. The Morgan fingerprint density at radius 1 is 1.18 bits per heavy atom. The van der Waals surface area contributed by atoms with E-state index in [1.807, 2.05) is 37.5 Å². The van der Waals surface area contributed by atoms with E-state index >= 15 is 0 Å². The summed E-state index contributed by atoms with van der Waals surface area (Å²) in [7, 11) is 1.83. The molecule has 0 bridgehead atoms. The van der Waals surface area contributed by atoms with E-state index in [9.17, 15) is 4.39 Å². The molecule has 0 fully saturated rings. The summed E-state index contributed by atoms with van der Waals surface area (Å²) in [6.45, 7) is 0. The highest BCUT2D eigenvalue weighted by molar-refractivity contribution is 5.82. The first-order valence-corrected chi connectivity index (χ1v) is 9.30. The van der Waals surface area contributed by atoms with Crippen LogP contribution in [0.5, 0.6) is 5.75 Å². The van der Waals surface area contributed by atoms with Gasteiger partial charge in [-0.1, -0.05) is 6.07 Å². The standard InChI is InChI=1S/C21H20FN5O/c1-26-12-15(10-24-26)27-20-9-16(8-19(22)18(20)11-25-27)28-21-4-2-3-13-7-14(23)5-6-17(13)21/h5-12,21H,2-4,23H2,1H3/t21-/m1/s1. The zero-order valence-corrected chi connectivity index (χ0v) is 15.5. The number of anilines is 1. The topological polar surface area (TPSA) is 70.9 Å². The van der Waals surface area contributed by atoms with Crippen molar-refractivity contribution in [2.45, 2.75) is 25.4 Å². The van der Waals surface area contributed by atoms with Gasteiger partial charge in [-0.3, -0.25) is 4.68 Å². The van der Waals surface area contributed by atoms with Crippen molar-refractivity contribution >= 4 is 16.6 Å². The first kappa shape index (κ1) is 16.8. The van der Waals surface area contributed by atoms with E-state index in [1.54, 1.807) is 15.6 Å². The normalized spacial score (nSPS) is 16.3. The van der Waals surface area contributed by atoms with Crippen LogP contribution in [0.4, 0.5) is 10.1 Å². The van der Waals surface area contributed by atoms with Crippen molar-refractivity contribution in [2.24, 2.45) is 7.05 Å². The lowest BCUT2D eigenvalue weighted by Crippen LogP contribution is -2.15. The van der Waals surface area contributed by atoms with Crippen LogP contribution in [-0.4, -0.2) is 19.6 Å². The maximum atomic E-state index is 14.7. The van der Waals surface area contributed by atoms with Crippen LogP contribution < -0.4 is 10.5 Å². The number of nitrogen functional groups attached to an aromatic ring is 1. The molecule has 0 saturated heterocycles. The molecule has 1 aliphatic carbocycles. The SMILES string of the molecule is Cn1cc(-n2ncc3c(F)cc(O[C@@H]4CCCc5cc(N)ccc54)cc32)cn1. The predicted molar refractivity (Wildman–Crippen MR) is 105 cm³/mol. The summed E-state index contributed by atoms with van der Waals surface area (Å²) in [5.74, 6) is 0.140. The Hall–Kier alpha value is -3.35. The number of aryl methyl sites for hydroxylation is 2. The van der Waals surface area contributed by atoms with Crippen molar-refractivity contribution in [3.05, 3.63) is 65.9 Å². The third-order valence-electron chi connectivity index (χ3n) is 5.25. The Labute approximate surface area is 161 Å². The second kappa shape index (κ2) is 6.37. The Morgan fingerprint density at radius 2 is 2.07 bits per heavy atom. The van der Waals surface area contributed by atoms with Crippen molar-refractivity contribution in [1.29, 1.82) is 0 Å². The highest BCUT2D eigenvalue weighted by Gasteiger charge is 2.23. The number of halogens is 1. The number of hydrogen-bond acceptors (Lipinski definition) is 4. The lowest BCUT2D eigenvalue weighted by atomic mass is 9.89. The maximum Gasteiger partial charge on any atom is 0.137 e. The second-order valence-corrected chi connectivity index (χ2v) is 7.22. The van der Waals surface area contributed by atoms with Crippen molar-refractivity contribution in [2.75, 3.05) is 5.73 Å². The molecule has 0 spiro atoms.